The quantitative estimate of drug-likeness (QED) is 0.757. The van der Waals surface area contributed by atoms with Crippen LogP contribution in [0.5, 0.6) is 0 Å². The van der Waals surface area contributed by atoms with Crippen molar-refractivity contribution in [1.29, 1.82) is 0 Å². The molecule has 0 spiro atoms. The van der Waals surface area contributed by atoms with Gasteiger partial charge in [0.2, 0.25) is 5.91 Å². The number of hydrogen-bond acceptors (Lipinski definition) is 5. The number of carboxylic acid groups (broad SMARTS) is 1. The Bertz CT molecular complexity index is 818. The largest absolute Gasteiger partial charge is 0.550 e. The van der Waals surface area contributed by atoms with Gasteiger partial charge in [0.25, 0.3) is 5.91 Å². The van der Waals surface area contributed by atoms with E-state index in [2.05, 4.69) is 12.2 Å². The van der Waals surface area contributed by atoms with E-state index in [-0.39, 0.29) is 17.7 Å². The fourth-order valence-electron chi connectivity index (χ4n) is 5.86. The number of carboxylic acids is 1. The molecule has 1 aromatic heterocycles. The van der Waals surface area contributed by atoms with Crippen molar-refractivity contribution in [2.45, 2.75) is 58.3 Å². The van der Waals surface area contributed by atoms with E-state index in [0.29, 0.717) is 16.5 Å². The molecule has 0 saturated heterocycles. The van der Waals surface area contributed by atoms with E-state index in [9.17, 15) is 19.5 Å². The molecule has 7 heteroatoms. The molecular formula is C21H27N2O4S-. The van der Waals surface area contributed by atoms with Crippen molar-refractivity contribution in [2.24, 2.45) is 35.3 Å². The van der Waals surface area contributed by atoms with Crippen molar-refractivity contribution in [1.82, 2.24) is 0 Å². The summed E-state index contributed by atoms with van der Waals surface area (Å²) in [6, 6.07) is 0. The van der Waals surface area contributed by atoms with E-state index >= 15 is 0 Å². The van der Waals surface area contributed by atoms with Gasteiger partial charge in [0.15, 0.2) is 0 Å². The van der Waals surface area contributed by atoms with Crippen LogP contribution in [0.4, 0.5) is 5.00 Å². The number of carbonyl (C=O) groups is 3. The zero-order valence-electron chi connectivity index (χ0n) is 16.2. The van der Waals surface area contributed by atoms with E-state index < -0.39 is 23.7 Å². The molecule has 0 radical (unpaired) electrons. The van der Waals surface area contributed by atoms with Crippen LogP contribution in [0, 0.1) is 29.6 Å². The summed E-state index contributed by atoms with van der Waals surface area (Å²) in [4.78, 5) is 37.9. The lowest BCUT2D eigenvalue weighted by molar-refractivity contribution is -0.314. The Kier molecular flexibility index (Phi) is 5.21. The number of anilines is 1. The summed E-state index contributed by atoms with van der Waals surface area (Å²) < 4.78 is 0. The van der Waals surface area contributed by atoms with Crippen LogP contribution in [0.3, 0.4) is 0 Å². The van der Waals surface area contributed by atoms with Crippen LogP contribution in [0.25, 0.3) is 0 Å². The van der Waals surface area contributed by atoms with E-state index in [1.807, 2.05) is 0 Å². The summed E-state index contributed by atoms with van der Waals surface area (Å²) in [7, 11) is 0. The van der Waals surface area contributed by atoms with Crippen molar-refractivity contribution in [3.8, 4) is 0 Å². The SMILES string of the molecule is CCC[C@@H]1CCc2c(sc(NC(=O)[C@@H]3[C@@H]4CC[C@@H](C4)[C@@H]3C(=O)[O-])c2C(N)=O)C1. The fraction of sp³-hybridized carbons (Fsp3) is 0.667. The number of nitrogens with two attached hydrogens (primary N) is 1. The Morgan fingerprint density at radius 3 is 2.54 bits per heavy atom. The average molecular weight is 404 g/mol. The second-order valence-electron chi connectivity index (χ2n) is 8.66. The molecule has 3 aliphatic rings. The van der Waals surface area contributed by atoms with Crippen molar-refractivity contribution >= 4 is 34.1 Å². The predicted molar refractivity (Wildman–Crippen MR) is 105 cm³/mol. The zero-order valence-corrected chi connectivity index (χ0v) is 17.0. The Morgan fingerprint density at radius 1 is 1.18 bits per heavy atom. The number of thiophene rings is 1. The van der Waals surface area contributed by atoms with E-state index in [0.717, 1.165) is 61.8 Å². The van der Waals surface area contributed by atoms with Gasteiger partial charge < -0.3 is 21.0 Å². The number of primary amides is 1. The highest BCUT2D eigenvalue weighted by Crippen LogP contribution is 2.52. The number of carbonyl (C=O) groups excluding carboxylic acids is 3. The molecule has 3 aliphatic carbocycles. The van der Waals surface area contributed by atoms with Crippen LogP contribution >= 0.6 is 11.3 Å². The smallest absolute Gasteiger partial charge is 0.251 e. The molecule has 2 fully saturated rings. The Hall–Kier alpha value is -1.89. The van der Waals surface area contributed by atoms with Crippen molar-refractivity contribution in [2.75, 3.05) is 5.32 Å². The van der Waals surface area contributed by atoms with Gasteiger partial charge in [-0.1, -0.05) is 19.8 Å². The lowest BCUT2D eigenvalue weighted by Gasteiger charge is -2.30. The van der Waals surface area contributed by atoms with Gasteiger partial charge in [0.1, 0.15) is 5.00 Å². The summed E-state index contributed by atoms with van der Waals surface area (Å²) in [5.41, 5.74) is 7.06. The molecule has 1 aromatic rings. The van der Waals surface area contributed by atoms with Crippen molar-refractivity contribution in [3.05, 3.63) is 16.0 Å². The van der Waals surface area contributed by atoms with Gasteiger partial charge in [0.05, 0.1) is 5.56 Å². The van der Waals surface area contributed by atoms with Gasteiger partial charge in [-0.15, -0.1) is 11.3 Å². The highest BCUT2D eigenvalue weighted by Gasteiger charge is 2.51. The lowest BCUT2D eigenvalue weighted by atomic mass is 9.78. The standard InChI is InChI=1S/C21H28N2O4S/c1-2-3-10-4-7-13-14(8-10)28-20(17(13)18(22)24)23-19(25)15-11-5-6-12(9-11)16(15)21(26)27/h10-12,15-16H,2-9H2,1H3,(H2,22,24)(H,23,25)(H,26,27)/p-1/t10-,11-,12+,15-,16+/m1/s1. The fourth-order valence-corrected chi connectivity index (χ4v) is 7.23. The molecule has 1 heterocycles. The van der Waals surface area contributed by atoms with Gasteiger partial charge >= 0.3 is 0 Å². The monoisotopic (exact) mass is 403 g/mol. The summed E-state index contributed by atoms with van der Waals surface area (Å²) in [5.74, 6) is -2.51. The number of amides is 2. The number of rotatable bonds is 6. The lowest BCUT2D eigenvalue weighted by Crippen LogP contribution is -2.44. The highest BCUT2D eigenvalue weighted by atomic mass is 32.1. The van der Waals surface area contributed by atoms with Crippen molar-refractivity contribution < 1.29 is 19.5 Å². The molecule has 2 saturated carbocycles. The zero-order chi connectivity index (χ0) is 20.0. The molecule has 0 aromatic carbocycles. The number of fused-ring (bicyclic) bond motifs is 3. The van der Waals surface area contributed by atoms with Crippen LogP contribution in [0.15, 0.2) is 0 Å². The van der Waals surface area contributed by atoms with Gasteiger partial charge in [-0.2, -0.15) is 0 Å². The maximum Gasteiger partial charge on any atom is 0.251 e. The minimum Gasteiger partial charge on any atom is -0.550 e. The minimum atomic E-state index is -1.13. The van der Waals surface area contributed by atoms with Gasteiger partial charge in [0, 0.05) is 22.7 Å². The average Bonchev–Trinajstić information content (AvgIpc) is 3.33. The molecular weight excluding hydrogens is 376 g/mol. The number of nitrogens with one attached hydrogen (secondary N) is 1. The van der Waals surface area contributed by atoms with Crippen LogP contribution in [-0.2, 0) is 22.4 Å². The second-order valence-corrected chi connectivity index (χ2v) is 9.77. The molecule has 6 nitrogen and oxygen atoms in total. The molecule has 0 unspecified atom stereocenters. The summed E-state index contributed by atoms with van der Waals surface area (Å²) in [5, 5.41) is 15.0. The first-order valence-corrected chi connectivity index (χ1v) is 11.2. The first-order valence-electron chi connectivity index (χ1n) is 10.4. The normalized spacial score (nSPS) is 30.8. The van der Waals surface area contributed by atoms with E-state index in [4.69, 9.17) is 5.73 Å². The van der Waals surface area contributed by atoms with Gasteiger partial charge in [-0.05, 0) is 61.8 Å². The van der Waals surface area contributed by atoms with E-state index in [1.165, 1.54) is 11.3 Å². The summed E-state index contributed by atoms with van der Waals surface area (Å²) >= 11 is 1.44. The Balaban J connectivity index is 1.59. The third kappa shape index (κ3) is 3.23. The summed E-state index contributed by atoms with van der Waals surface area (Å²) in [6.07, 6.45) is 7.56. The highest BCUT2D eigenvalue weighted by molar-refractivity contribution is 7.17. The maximum absolute atomic E-state index is 13.0. The Morgan fingerprint density at radius 2 is 1.89 bits per heavy atom. The van der Waals surface area contributed by atoms with Gasteiger partial charge in [-0.3, -0.25) is 9.59 Å². The van der Waals surface area contributed by atoms with Crippen LogP contribution in [0.1, 0.15) is 66.2 Å². The first kappa shape index (κ1) is 19.4. The van der Waals surface area contributed by atoms with Crippen LogP contribution in [-0.4, -0.2) is 17.8 Å². The minimum absolute atomic E-state index is 0.0349. The predicted octanol–water partition coefficient (Wildman–Crippen LogP) is 2.10. The topological polar surface area (TPSA) is 112 Å². The summed E-state index contributed by atoms with van der Waals surface area (Å²) in [6.45, 7) is 2.17. The molecule has 2 amide bonds. The number of hydrogen-bond donors (Lipinski definition) is 2. The van der Waals surface area contributed by atoms with Crippen LogP contribution < -0.4 is 16.2 Å². The van der Waals surface area contributed by atoms with Crippen molar-refractivity contribution in [3.63, 3.8) is 0 Å². The maximum atomic E-state index is 13.0. The molecule has 4 rings (SSSR count). The number of aliphatic carboxylic acids is 1. The molecule has 2 bridgehead atoms. The first-order chi connectivity index (χ1) is 13.4. The molecule has 152 valence electrons. The molecule has 0 aliphatic heterocycles. The van der Waals surface area contributed by atoms with E-state index in [1.54, 1.807) is 0 Å². The Labute approximate surface area is 168 Å². The molecule has 5 atom stereocenters. The third-order valence-electron chi connectivity index (χ3n) is 7.04. The second kappa shape index (κ2) is 7.50. The third-order valence-corrected chi connectivity index (χ3v) is 8.21. The van der Waals surface area contributed by atoms with Gasteiger partial charge in [-0.25, -0.2) is 0 Å². The molecule has 3 N–H and O–H groups in total. The van der Waals surface area contributed by atoms with Crippen LogP contribution in [0.2, 0.25) is 0 Å². The molecule has 28 heavy (non-hydrogen) atoms.